The van der Waals surface area contributed by atoms with Gasteiger partial charge in [0.15, 0.2) is 0 Å². The van der Waals surface area contributed by atoms with E-state index in [2.05, 4.69) is 5.32 Å². The minimum absolute atomic E-state index is 0.0245. The lowest BCUT2D eigenvalue weighted by Gasteiger charge is -2.25. The summed E-state index contributed by atoms with van der Waals surface area (Å²) in [4.78, 5) is 12.1. The van der Waals surface area contributed by atoms with Crippen molar-refractivity contribution in [2.24, 2.45) is 0 Å². The quantitative estimate of drug-likeness (QED) is 0.889. The van der Waals surface area contributed by atoms with E-state index in [-0.39, 0.29) is 5.91 Å². The van der Waals surface area contributed by atoms with Crippen molar-refractivity contribution in [1.82, 2.24) is 5.32 Å². The maximum Gasteiger partial charge on any atom is 0.230 e. The third-order valence-corrected chi connectivity index (χ3v) is 3.26. The maximum absolute atomic E-state index is 12.1. The van der Waals surface area contributed by atoms with Crippen LogP contribution in [0.1, 0.15) is 32.8 Å². The van der Waals surface area contributed by atoms with Gasteiger partial charge in [0.2, 0.25) is 5.91 Å². The SMILES string of the molecule is CCCNC(=O)C(C)(C)c1ccc(Cl)cc1Cl. The van der Waals surface area contributed by atoms with Crippen LogP contribution in [0.25, 0.3) is 0 Å². The largest absolute Gasteiger partial charge is 0.355 e. The zero-order valence-electron chi connectivity index (χ0n) is 10.3. The highest BCUT2D eigenvalue weighted by Gasteiger charge is 2.31. The number of amides is 1. The van der Waals surface area contributed by atoms with Crippen molar-refractivity contribution < 1.29 is 4.79 Å². The Labute approximate surface area is 112 Å². The predicted octanol–water partition coefficient (Wildman–Crippen LogP) is 3.80. The van der Waals surface area contributed by atoms with E-state index in [0.29, 0.717) is 16.6 Å². The molecule has 17 heavy (non-hydrogen) atoms. The van der Waals surface area contributed by atoms with Crippen LogP contribution in [0.15, 0.2) is 18.2 Å². The first-order valence-corrected chi connectivity index (χ1v) is 6.39. The molecule has 94 valence electrons. The molecular formula is C13H17Cl2NO. The normalized spacial score (nSPS) is 11.4. The average molecular weight is 274 g/mol. The predicted molar refractivity (Wildman–Crippen MR) is 72.8 cm³/mol. The van der Waals surface area contributed by atoms with E-state index >= 15 is 0 Å². The van der Waals surface area contributed by atoms with E-state index in [4.69, 9.17) is 23.2 Å². The Balaban J connectivity index is 2.99. The van der Waals surface area contributed by atoms with Crippen molar-refractivity contribution in [3.8, 4) is 0 Å². The van der Waals surface area contributed by atoms with Gasteiger partial charge in [-0.25, -0.2) is 0 Å². The van der Waals surface area contributed by atoms with Crippen molar-refractivity contribution in [2.45, 2.75) is 32.6 Å². The molecule has 0 aliphatic rings. The Hall–Kier alpha value is -0.730. The fourth-order valence-electron chi connectivity index (χ4n) is 1.58. The Morgan fingerprint density at radius 3 is 2.53 bits per heavy atom. The number of carbonyl (C=O) groups is 1. The van der Waals surface area contributed by atoms with Crippen LogP contribution in [-0.4, -0.2) is 12.5 Å². The molecule has 0 saturated heterocycles. The Bertz CT molecular complexity index is 416. The highest BCUT2D eigenvalue weighted by atomic mass is 35.5. The summed E-state index contributed by atoms with van der Waals surface area (Å²) >= 11 is 12.0. The summed E-state index contributed by atoms with van der Waals surface area (Å²) in [6.45, 7) is 6.40. The molecule has 0 saturated carbocycles. The molecule has 2 nitrogen and oxygen atoms in total. The molecule has 0 fully saturated rings. The van der Waals surface area contributed by atoms with Crippen LogP contribution in [0.5, 0.6) is 0 Å². The topological polar surface area (TPSA) is 29.1 Å². The highest BCUT2D eigenvalue weighted by Crippen LogP contribution is 2.32. The number of carbonyl (C=O) groups excluding carboxylic acids is 1. The number of nitrogens with one attached hydrogen (secondary N) is 1. The Kier molecular flexibility index (Phi) is 4.84. The second kappa shape index (κ2) is 5.74. The molecule has 0 bridgehead atoms. The average Bonchev–Trinajstić information content (AvgIpc) is 2.25. The monoisotopic (exact) mass is 273 g/mol. The number of benzene rings is 1. The number of hydrogen-bond donors (Lipinski definition) is 1. The molecule has 0 spiro atoms. The third kappa shape index (κ3) is 3.36. The van der Waals surface area contributed by atoms with E-state index in [1.165, 1.54) is 0 Å². The lowest BCUT2D eigenvalue weighted by Crippen LogP contribution is -2.40. The molecule has 0 aliphatic carbocycles. The van der Waals surface area contributed by atoms with Crippen molar-refractivity contribution in [3.63, 3.8) is 0 Å². The molecule has 0 aliphatic heterocycles. The van der Waals surface area contributed by atoms with Crippen LogP contribution in [0, 0.1) is 0 Å². The highest BCUT2D eigenvalue weighted by molar-refractivity contribution is 6.35. The van der Waals surface area contributed by atoms with Gasteiger partial charge in [-0.3, -0.25) is 4.79 Å². The van der Waals surface area contributed by atoms with Gasteiger partial charge in [-0.15, -0.1) is 0 Å². The van der Waals surface area contributed by atoms with Crippen molar-refractivity contribution in [2.75, 3.05) is 6.54 Å². The van der Waals surface area contributed by atoms with Crippen molar-refractivity contribution in [3.05, 3.63) is 33.8 Å². The number of rotatable bonds is 4. The zero-order chi connectivity index (χ0) is 13.1. The molecule has 1 aromatic carbocycles. The summed E-state index contributed by atoms with van der Waals surface area (Å²) in [5, 5.41) is 3.98. The minimum atomic E-state index is -0.656. The summed E-state index contributed by atoms with van der Waals surface area (Å²) < 4.78 is 0. The Morgan fingerprint density at radius 2 is 2.00 bits per heavy atom. The minimum Gasteiger partial charge on any atom is -0.355 e. The maximum atomic E-state index is 12.1. The smallest absolute Gasteiger partial charge is 0.230 e. The first-order chi connectivity index (χ1) is 7.89. The second-order valence-electron chi connectivity index (χ2n) is 4.51. The summed E-state index contributed by atoms with van der Waals surface area (Å²) in [5.74, 6) is -0.0245. The van der Waals surface area contributed by atoms with Crippen molar-refractivity contribution >= 4 is 29.1 Å². The van der Waals surface area contributed by atoms with E-state index in [0.717, 1.165) is 12.0 Å². The lowest BCUT2D eigenvalue weighted by molar-refractivity contribution is -0.125. The van der Waals surface area contributed by atoms with Gasteiger partial charge in [-0.1, -0.05) is 36.2 Å². The van der Waals surface area contributed by atoms with Gasteiger partial charge >= 0.3 is 0 Å². The molecule has 1 aromatic rings. The Morgan fingerprint density at radius 1 is 1.35 bits per heavy atom. The van der Waals surface area contributed by atoms with Crippen LogP contribution in [0.2, 0.25) is 10.0 Å². The van der Waals surface area contributed by atoms with Gasteiger partial charge < -0.3 is 5.32 Å². The fourth-order valence-corrected chi connectivity index (χ4v) is 2.22. The van der Waals surface area contributed by atoms with Crippen LogP contribution < -0.4 is 5.32 Å². The molecule has 1 N–H and O–H groups in total. The lowest BCUT2D eigenvalue weighted by atomic mass is 9.83. The summed E-state index contributed by atoms with van der Waals surface area (Å²) in [6, 6.07) is 5.21. The van der Waals surface area contributed by atoms with Gasteiger partial charge in [0.25, 0.3) is 0 Å². The summed E-state index contributed by atoms with van der Waals surface area (Å²) in [5.41, 5.74) is 0.133. The molecule has 1 amide bonds. The molecule has 4 heteroatoms. The molecule has 0 aromatic heterocycles. The van der Waals surface area contributed by atoms with Crippen LogP contribution in [-0.2, 0) is 10.2 Å². The zero-order valence-corrected chi connectivity index (χ0v) is 11.8. The fraction of sp³-hybridized carbons (Fsp3) is 0.462. The van der Waals surface area contributed by atoms with Crippen LogP contribution in [0.3, 0.4) is 0 Å². The standard InChI is InChI=1S/C13H17Cl2NO/c1-4-7-16-12(17)13(2,3)10-6-5-9(14)8-11(10)15/h5-6,8H,4,7H2,1-3H3,(H,16,17). The van der Waals surface area contributed by atoms with E-state index in [1.54, 1.807) is 18.2 Å². The molecular weight excluding hydrogens is 257 g/mol. The first kappa shape index (κ1) is 14.3. The number of halogens is 2. The first-order valence-electron chi connectivity index (χ1n) is 5.63. The van der Waals surface area contributed by atoms with Gasteiger partial charge in [0.1, 0.15) is 0 Å². The van der Waals surface area contributed by atoms with E-state index in [9.17, 15) is 4.79 Å². The van der Waals surface area contributed by atoms with Gasteiger partial charge in [-0.2, -0.15) is 0 Å². The molecule has 0 heterocycles. The summed E-state index contributed by atoms with van der Waals surface area (Å²) in [6.07, 6.45) is 0.913. The molecule has 0 unspecified atom stereocenters. The van der Waals surface area contributed by atoms with E-state index in [1.807, 2.05) is 20.8 Å². The van der Waals surface area contributed by atoms with Crippen LogP contribution in [0.4, 0.5) is 0 Å². The number of hydrogen-bond acceptors (Lipinski definition) is 1. The second-order valence-corrected chi connectivity index (χ2v) is 5.35. The van der Waals surface area contributed by atoms with Gasteiger partial charge in [0.05, 0.1) is 5.41 Å². The molecule has 1 rings (SSSR count). The third-order valence-electron chi connectivity index (χ3n) is 2.71. The molecule has 0 atom stereocenters. The van der Waals surface area contributed by atoms with E-state index < -0.39 is 5.41 Å². The van der Waals surface area contributed by atoms with Gasteiger partial charge in [0, 0.05) is 16.6 Å². The summed E-state index contributed by atoms with van der Waals surface area (Å²) in [7, 11) is 0. The van der Waals surface area contributed by atoms with Gasteiger partial charge in [-0.05, 0) is 38.0 Å². The van der Waals surface area contributed by atoms with Crippen LogP contribution >= 0.6 is 23.2 Å². The molecule has 0 radical (unpaired) electrons. The van der Waals surface area contributed by atoms with Crippen molar-refractivity contribution in [1.29, 1.82) is 0 Å².